The number of carbonyl (C=O) groups is 3. The van der Waals surface area contributed by atoms with Crippen molar-refractivity contribution in [2.45, 2.75) is 64.6 Å². The lowest BCUT2D eigenvalue weighted by atomic mass is 9.91. The summed E-state index contributed by atoms with van der Waals surface area (Å²) in [6.45, 7) is 7.12. The fourth-order valence-corrected chi connectivity index (χ4v) is 5.03. The van der Waals surface area contributed by atoms with E-state index in [1.54, 1.807) is 29.0 Å². The van der Waals surface area contributed by atoms with Crippen LogP contribution in [-0.4, -0.2) is 72.5 Å². The van der Waals surface area contributed by atoms with Crippen molar-refractivity contribution < 1.29 is 23.9 Å². The number of ether oxygens (including phenoxy) is 2. The molecular formula is C30H39N3O5. The normalized spacial score (nSPS) is 22.8. The molecule has 2 aliphatic rings. The minimum absolute atomic E-state index is 0.106. The molecule has 8 heteroatoms. The van der Waals surface area contributed by atoms with Gasteiger partial charge in [0.1, 0.15) is 30.3 Å². The van der Waals surface area contributed by atoms with E-state index in [2.05, 4.69) is 5.32 Å². The number of carbonyl (C=O) groups excluding carboxylic acids is 3. The maximum Gasteiger partial charge on any atom is 0.253 e. The molecule has 2 heterocycles. The first-order valence-corrected chi connectivity index (χ1v) is 13.4. The van der Waals surface area contributed by atoms with Gasteiger partial charge in [0, 0.05) is 32.0 Å². The van der Waals surface area contributed by atoms with E-state index < -0.39 is 6.04 Å². The lowest BCUT2D eigenvalue weighted by Gasteiger charge is -2.30. The molecule has 2 aromatic carbocycles. The Morgan fingerprint density at radius 2 is 1.87 bits per heavy atom. The van der Waals surface area contributed by atoms with Crippen LogP contribution in [0.3, 0.4) is 0 Å². The van der Waals surface area contributed by atoms with Gasteiger partial charge in [-0.1, -0.05) is 45.0 Å². The third kappa shape index (κ3) is 7.27. The molecule has 0 radical (unpaired) electrons. The quantitative estimate of drug-likeness (QED) is 0.659. The largest absolute Gasteiger partial charge is 0.491 e. The van der Waals surface area contributed by atoms with Crippen LogP contribution in [0.5, 0.6) is 11.5 Å². The molecule has 2 aromatic rings. The van der Waals surface area contributed by atoms with E-state index in [1.807, 2.05) is 63.2 Å². The summed E-state index contributed by atoms with van der Waals surface area (Å²) in [6.07, 6.45) is 1.73. The number of nitrogens with one attached hydrogen (secondary N) is 1. The molecule has 38 heavy (non-hydrogen) atoms. The van der Waals surface area contributed by atoms with Crippen LogP contribution in [-0.2, 0) is 9.59 Å². The van der Waals surface area contributed by atoms with Crippen molar-refractivity contribution in [2.24, 2.45) is 5.41 Å². The summed E-state index contributed by atoms with van der Waals surface area (Å²) in [5.41, 5.74) is 0.355. The molecule has 0 saturated carbocycles. The van der Waals surface area contributed by atoms with E-state index in [0.29, 0.717) is 50.1 Å². The molecule has 0 unspecified atom stereocenters. The maximum atomic E-state index is 13.9. The van der Waals surface area contributed by atoms with E-state index in [1.165, 1.54) is 0 Å². The van der Waals surface area contributed by atoms with Crippen LogP contribution in [0.25, 0.3) is 0 Å². The molecule has 0 aromatic heterocycles. The van der Waals surface area contributed by atoms with Gasteiger partial charge < -0.3 is 24.6 Å². The molecule has 2 bridgehead atoms. The van der Waals surface area contributed by atoms with Crippen LogP contribution >= 0.6 is 0 Å². The van der Waals surface area contributed by atoms with Crippen LogP contribution in [0.1, 0.15) is 56.8 Å². The molecule has 2 aliphatic heterocycles. The molecule has 204 valence electrons. The molecule has 3 atom stereocenters. The Morgan fingerprint density at radius 3 is 2.61 bits per heavy atom. The standard InChI is InChI=1S/C30H39N3O5/c1-30(2,3)18-27(34)31-26-14-9-15-32(4)28(35)21-10-8-13-24(16-21)37-20-22-17-25(19-33(22)29(26)36)38-23-11-6-5-7-12-23/h5-8,10-13,16,22,25-26H,9,14-15,17-20H2,1-4H3,(H,31,34)/t22-,25-,26-/m0/s1. The van der Waals surface area contributed by atoms with Crippen molar-refractivity contribution in [3.63, 3.8) is 0 Å². The molecular weight excluding hydrogens is 482 g/mol. The third-order valence-electron chi connectivity index (χ3n) is 6.89. The first-order valence-electron chi connectivity index (χ1n) is 13.4. The molecule has 4 rings (SSSR count). The molecule has 0 spiro atoms. The third-order valence-corrected chi connectivity index (χ3v) is 6.89. The predicted octanol–water partition coefficient (Wildman–Crippen LogP) is 3.90. The summed E-state index contributed by atoms with van der Waals surface area (Å²) in [7, 11) is 1.75. The second-order valence-electron chi connectivity index (χ2n) is 11.5. The fourth-order valence-electron chi connectivity index (χ4n) is 5.03. The van der Waals surface area contributed by atoms with Gasteiger partial charge >= 0.3 is 0 Å². The summed E-state index contributed by atoms with van der Waals surface area (Å²) in [4.78, 5) is 43.2. The number of fused-ring (bicyclic) bond motifs is 3. The minimum atomic E-state index is -0.688. The molecule has 8 nitrogen and oxygen atoms in total. The van der Waals surface area contributed by atoms with Gasteiger partial charge in [0.15, 0.2) is 0 Å². The Kier molecular flexibility index (Phi) is 8.59. The van der Waals surface area contributed by atoms with E-state index in [9.17, 15) is 14.4 Å². The molecule has 0 aliphatic carbocycles. The fraction of sp³-hybridized carbons (Fsp3) is 0.500. The zero-order valence-corrected chi connectivity index (χ0v) is 22.8. The van der Waals surface area contributed by atoms with Crippen molar-refractivity contribution in [3.05, 3.63) is 60.2 Å². The van der Waals surface area contributed by atoms with Crippen molar-refractivity contribution >= 4 is 17.7 Å². The number of hydrogen-bond donors (Lipinski definition) is 1. The second-order valence-corrected chi connectivity index (χ2v) is 11.5. The number of amides is 3. The van der Waals surface area contributed by atoms with Gasteiger partial charge in [0.05, 0.1) is 12.6 Å². The summed E-state index contributed by atoms with van der Waals surface area (Å²) in [5, 5.41) is 3.00. The van der Waals surface area contributed by atoms with Gasteiger partial charge in [-0.15, -0.1) is 0 Å². The van der Waals surface area contributed by atoms with Gasteiger partial charge in [-0.3, -0.25) is 14.4 Å². The average molecular weight is 522 g/mol. The van der Waals surface area contributed by atoms with Crippen molar-refractivity contribution in [1.29, 1.82) is 0 Å². The Morgan fingerprint density at radius 1 is 1.11 bits per heavy atom. The highest BCUT2D eigenvalue weighted by Gasteiger charge is 2.40. The highest BCUT2D eigenvalue weighted by molar-refractivity contribution is 5.94. The molecule has 1 fully saturated rings. The smallest absolute Gasteiger partial charge is 0.253 e. The van der Waals surface area contributed by atoms with Crippen LogP contribution in [0.15, 0.2) is 54.6 Å². The van der Waals surface area contributed by atoms with Crippen LogP contribution in [0.2, 0.25) is 0 Å². The highest BCUT2D eigenvalue weighted by atomic mass is 16.5. The first kappa shape index (κ1) is 27.5. The van der Waals surface area contributed by atoms with Crippen LogP contribution < -0.4 is 14.8 Å². The molecule has 3 amide bonds. The predicted molar refractivity (Wildman–Crippen MR) is 145 cm³/mol. The maximum absolute atomic E-state index is 13.9. The van der Waals surface area contributed by atoms with Gasteiger partial charge in [0.2, 0.25) is 11.8 Å². The lowest BCUT2D eigenvalue weighted by Crippen LogP contribution is -2.52. The van der Waals surface area contributed by atoms with Crippen LogP contribution in [0, 0.1) is 5.41 Å². The first-order chi connectivity index (χ1) is 18.1. The van der Waals surface area contributed by atoms with Gasteiger partial charge in [0.25, 0.3) is 5.91 Å². The summed E-state index contributed by atoms with van der Waals surface area (Å²) >= 11 is 0. The zero-order valence-electron chi connectivity index (χ0n) is 22.8. The Balaban J connectivity index is 1.59. The van der Waals surface area contributed by atoms with Crippen LogP contribution in [0.4, 0.5) is 0 Å². The Hall–Kier alpha value is -3.55. The van der Waals surface area contributed by atoms with E-state index in [0.717, 1.165) is 5.75 Å². The molecule has 1 N–H and O–H groups in total. The monoisotopic (exact) mass is 521 g/mol. The summed E-state index contributed by atoms with van der Waals surface area (Å²) in [5.74, 6) is 0.934. The van der Waals surface area contributed by atoms with Crippen molar-refractivity contribution in [2.75, 3.05) is 26.7 Å². The van der Waals surface area contributed by atoms with E-state index >= 15 is 0 Å². The topological polar surface area (TPSA) is 88.2 Å². The Bertz CT molecular complexity index is 1130. The number of rotatable bonds is 4. The van der Waals surface area contributed by atoms with Gasteiger partial charge in [-0.25, -0.2) is 0 Å². The summed E-state index contributed by atoms with van der Waals surface area (Å²) in [6, 6.07) is 15.8. The minimum Gasteiger partial charge on any atom is -0.491 e. The van der Waals surface area contributed by atoms with Gasteiger partial charge in [-0.2, -0.15) is 0 Å². The van der Waals surface area contributed by atoms with Gasteiger partial charge in [-0.05, 0) is 48.6 Å². The average Bonchev–Trinajstić information content (AvgIpc) is 3.27. The molecule has 1 saturated heterocycles. The summed E-state index contributed by atoms with van der Waals surface area (Å²) < 4.78 is 12.3. The van der Waals surface area contributed by atoms with E-state index in [-0.39, 0.29) is 41.9 Å². The Labute approximate surface area is 225 Å². The SMILES string of the molecule is CN1CCC[C@H](NC(=O)CC(C)(C)C)C(=O)N2C[C@@H](Oc3ccccc3)C[C@H]2COc2cccc(c2)C1=O. The number of para-hydroxylation sites is 1. The van der Waals surface area contributed by atoms with E-state index in [4.69, 9.17) is 9.47 Å². The second kappa shape index (κ2) is 11.9. The zero-order chi connectivity index (χ0) is 27.3. The number of nitrogens with zero attached hydrogens (tertiary/aromatic N) is 2. The highest BCUT2D eigenvalue weighted by Crippen LogP contribution is 2.27. The van der Waals surface area contributed by atoms with Crippen molar-refractivity contribution in [3.8, 4) is 11.5 Å². The number of benzene rings is 2. The lowest BCUT2D eigenvalue weighted by molar-refractivity contribution is -0.138. The number of hydrogen-bond acceptors (Lipinski definition) is 5. The van der Waals surface area contributed by atoms with Crippen molar-refractivity contribution in [1.82, 2.24) is 15.1 Å².